The molecule has 0 aromatic heterocycles. The van der Waals surface area contributed by atoms with E-state index >= 15 is 0 Å². The summed E-state index contributed by atoms with van der Waals surface area (Å²) in [5.74, 6) is 0. The van der Waals surface area contributed by atoms with Gasteiger partial charge in [0, 0.05) is 11.8 Å². The van der Waals surface area contributed by atoms with Gasteiger partial charge in [0.25, 0.3) is 0 Å². The lowest BCUT2D eigenvalue weighted by Gasteiger charge is -2.15. The summed E-state index contributed by atoms with van der Waals surface area (Å²) >= 11 is 11.9. The molecule has 78 valence electrons. The summed E-state index contributed by atoms with van der Waals surface area (Å²) in [6.07, 6.45) is 0. The zero-order valence-corrected chi connectivity index (χ0v) is 11.0. The Bertz CT molecular complexity index is 313. The fourth-order valence-electron chi connectivity index (χ4n) is 1.35. The zero-order valence-electron chi connectivity index (χ0n) is 8.59. The number of rotatable bonds is 3. The third-order valence-corrected chi connectivity index (χ3v) is 3.80. The van der Waals surface area contributed by atoms with Crippen molar-refractivity contribution in [3.63, 3.8) is 0 Å². The molecule has 0 spiro atoms. The smallest absolute Gasteiger partial charge is 0.117 e. The molecule has 0 aliphatic carbocycles. The number of hydrogen-bond acceptors (Lipinski definition) is 1. The highest BCUT2D eigenvalue weighted by atomic mass is 35.9. The molecule has 4 heteroatoms. The largest absolute Gasteiger partial charge is 0.305 e. The van der Waals surface area contributed by atoms with Gasteiger partial charge in [0.15, 0.2) is 0 Å². The molecule has 0 amide bonds. The summed E-state index contributed by atoms with van der Waals surface area (Å²) in [6.45, 7) is 1.92. The standard InChI is InChI=1S/C10H14Cl2NP/c1-8-4-5-10(14(11)12)9(6-8)7-13(2)3/h4-6H,7H2,1-3H3. The predicted octanol–water partition coefficient (Wildman–Crippen LogP) is 3.47. The van der Waals surface area contributed by atoms with Crippen LogP contribution >= 0.6 is 29.1 Å². The lowest BCUT2D eigenvalue weighted by molar-refractivity contribution is 0.403. The monoisotopic (exact) mass is 249 g/mol. The van der Waals surface area contributed by atoms with Crippen LogP contribution in [0.3, 0.4) is 0 Å². The van der Waals surface area contributed by atoms with Gasteiger partial charge < -0.3 is 4.90 Å². The van der Waals surface area contributed by atoms with Gasteiger partial charge >= 0.3 is 0 Å². The SMILES string of the molecule is Cc1ccc(P(Cl)Cl)c(CN(C)C)c1. The topological polar surface area (TPSA) is 3.24 Å². The van der Waals surface area contributed by atoms with Crippen LogP contribution in [0.25, 0.3) is 0 Å². The molecular weight excluding hydrogens is 236 g/mol. The summed E-state index contributed by atoms with van der Waals surface area (Å²) in [4.78, 5) is 2.12. The maximum Gasteiger partial charge on any atom is 0.117 e. The summed E-state index contributed by atoms with van der Waals surface area (Å²) in [5.41, 5.74) is 2.47. The molecule has 14 heavy (non-hydrogen) atoms. The number of halogens is 2. The van der Waals surface area contributed by atoms with Gasteiger partial charge in [-0.3, -0.25) is 0 Å². The first-order valence-corrected chi connectivity index (χ1v) is 7.52. The lowest BCUT2D eigenvalue weighted by Crippen LogP contribution is -2.16. The molecule has 0 aliphatic rings. The molecule has 1 rings (SSSR count). The summed E-state index contributed by atoms with van der Waals surface area (Å²) < 4.78 is 0. The van der Waals surface area contributed by atoms with Gasteiger partial charge in [-0.2, -0.15) is 0 Å². The van der Waals surface area contributed by atoms with Crippen LogP contribution < -0.4 is 5.30 Å². The Balaban J connectivity index is 3.03. The van der Waals surface area contributed by atoms with Crippen LogP contribution in [-0.2, 0) is 6.54 Å². The first-order chi connectivity index (χ1) is 6.50. The minimum absolute atomic E-state index is 0.884. The van der Waals surface area contributed by atoms with Crippen molar-refractivity contribution in [1.29, 1.82) is 0 Å². The van der Waals surface area contributed by atoms with E-state index in [0.29, 0.717) is 0 Å². The summed E-state index contributed by atoms with van der Waals surface area (Å²) in [5, 5.41) is 1.07. The Morgan fingerprint density at radius 2 is 1.93 bits per heavy atom. The van der Waals surface area contributed by atoms with Crippen molar-refractivity contribution in [2.24, 2.45) is 0 Å². The van der Waals surface area contributed by atoms with Gasteiger partial charge in [-0.1, -0.05) is 46.2 Å². The average Bonchev–Trinajstić information content (AvgIpc) is 2.01. The van der Waals surface area contributed by atoms with Crippen LogP contribution in [-0.4, -0.2) is 19.0 Å². The van der Waals surface area contributed by atoms with Gasteiger partial charge in [0.2, 0.25) is 0 Å². The van der Waals surface area contributed by atoms with E-state index in [1.165, 1.54) is 11.1 Å². The van der Waals surface area contributed by atoms with E-state index in [-0.39, 0.29) is 0 Å². The molecule has 0 saturated carbocycles. The van der Waals surface area contributed by atoms with Crippen molar-refractivity contribution in [2.45, 2.75) is 13.5 Å². The minimum Gasteiger partial charge on any atom is -0.305 e. The van der Waals surface area contributed by atoms with Crippen LogP contribution in [0.5, 0.6) is 0 Å². The highest BCUT2D eigenvalue weighted by molar-refractivity contribution is 8.08. The molecule has 0 radical (unpaired) electrons. The summed E-state index contributed by atoms with van der Waals surface area (Å²) in [7, 11) is 4.08. The molecule has 0 aliphatic heterocycles. The van der Waals surface area contributed by atoms with Crippen LogP contribution in [0.1, 0.15) is 11.1 Å². The number of aryl methyl sites for hydroxylation is 1. The first-order valence-electron chi connectivity index (χ1n) is 4.36. The fraction of sp³-hybridized carbons (Fsp3) is 0.400. The van der Waals surface area contributed by atoms with E-state index in [9.17, 15) is 0 Å². The van der Waals surface area contributed by atoms with Crippen molar-refractivity contribution < 1.29 is 0 Å². The molecule has 0 bridgehead atoms. The number of nitrogens with zero attached hydrogens (tertiary/aromatic N) is 1. The van der Waals surface area contributed by atoms with E-state index in [0.717, 1.165) is 11.8 Å². The van der Waals surface area contributed by atoms with Crippen molar-refractivity contribution in [3.05, 3.63) is 29.3 Å². The second kappa shape index (κ2) is 5.32. The molecule has 1 aromatic carbocycles. The van der Waals surface area contributed by atoms with Crippen molar-refractivity contribution in [3.8, 4) is 0 Å². The van der Waals surface area contributed by atoms with E-state index in [2.05, 4.69) is 24.0 Å². The lowest BCUT2D eigenvalue weighted by atomic mass is 10.1. The van der Waals surface area contributed by atoms with E-state index in [4.69, 9.17) is 22.5 Å². The fourth-order valence-corrected chi connectivity index (χ4v) is 2.88. The molecule has 0 atom stereocenters. The first kappa shape index (κ1) is 12.3. The Morgan fingerprint density at radius 3 is 2.43 bits per heavy atom. The molecule has 0 fully saturated rings. The van der Waals surface area contributed by atoms with E-state index in [1.54, 1.807) is 0 Å². The molecule has 1 nitrogen and oxygen atoms in total. The van der Waals surface area contributed by atoms with Crippen LogP contribution in [0, 0.1) is 6.92 Å². The van der Waals surface area contributed by atoms with Gasteiger partial charge in [-0.05, 0) is 26.6 Å². The predicted molar refractivity (Wildman–Crippen MR) is 66.8 cm³/mol. The minimum atomic E-state index is -1.04. The molecule has 0 N–H and O–H groups in total. The second-order valence-electron chi connectivity index (χ2n) is 3.60. The quantitative estimate of drug-likeness (QED) is 0.742. The molecule has 0 saturated heterocycles. The Morgan fingerprint density at radius 1 is 1.29 bits per heavy atom. The van der Waals surface area contributed by atoms with Crippen LogP contribution in [0.4, 0.5) is 0 Å². The molecule has 1 aromatic rings. The molecule has 0 unspecified atom stereocenters. The van der Waals surface area contributed by atoms with E-state index < -0.39 is 6.63 Å². The van der Waals surface area contributed by atoms with E-state index in [1.807, 2.05) is 20.2 Å². The third-order valence-electron chi connectivity index (χ3n) is 1.90. The molecule has 0 heterocycles. The van der Waals surface area contributed by atoms with Gasteiger partial charge in [-0.15, -0.1) is 0 Å². The zero-order chi connectivity index (χ0) is 10.7. The third kappa shape index (κ3) is 3.40. The normalized spacial score (nSPS) is 11.4. The van der Waals surface area contributed by atoms with Crippen LogP contribution in [0.2, 0.25) is 0 Å². The van der Waals surface area contributed by atoms with Crippen molar-refractivity contribution >= 4 is 34.4 Å². The van der Waals surface area contributed by atoms with Gasteiger partial charge in [0.05, 0.1) is 0 Å². The Hall–Kier alpha value is 0.190. The maximum atomic E-state index is 5.96. The highest BCUT2D eigenvalue weighted by Gasteiger charge is 2.10. The average molecular weight is 250 g/mol. The van der Waals surface area contributed by atoms with Crippen molar-refractivity contribution in [2.75, 3.05) is 14.1 Å². The maximum absolute atomic E-state index is 5.96. The highest BCUT2D eigenvalue weighted by Crippen LogP contribution is 2.46. The van der Waals surface area contributed by atoms with Gasteiger partial charge in [-0.25, -0.2) is 0 Å². The van der Waals surface area contributed by atoms with Crippen LogP contribution in [0.15, 0.2) is 18.2 Å². The molecular formula is C10H14Cl2NP. The van der Waals surface area contributed by atoms with Gasteiger partial charge in [0.1, 0.15) is 6.63 Å². The summed E-state index contributed by atoms with van der Waals surface area (Å²) in [6, 6.07) is 6.23. The Kier molecular flexibility index (Phi) is 4.66. The number of hydrogen-bond donors (Lipinski definition) is 0. The second-order valence-corrected chi connectivity index (χ2v) is 7.10. The Labute approximate surface area is 96.3 Å². The number of benzene rings is 1. The van der Waals surface area contributed by atoms with Crippen molar-refractivity contribution in [1.82, 2.24) is 4.90 Å².